The minimum atomic E-state index is -1.66. The van der Waals surface area contributed by atoms with Gasteiger partial charge in [0.2, 0.25) is 0 Å². The number of methoxy groups -OCH3 is 1. The number of ether oxygens (including phenoxy) is 1. The first-order valence-corrected chi connectivity index (χ1v) is 11.7. The zero-order chi connectivity index (χ0) is 26.7. The van der Waals surface area contributed by atoms with E-state index in [4.69, 9.17) is 10.00 Å². The number of anilines is 1. The van der Waals surface area contributed by atoms with Crippen LogP contribution >= 0.6 is 0 Å². The van der Waals surface area contributed by atoms with Crippen LogP contribution in [-0.2, 0) is 4.74 Å². The van der Waals surface area contributed by atoms with Gasteiger partial charge >= 0.3 is 6.09 Å². The number of hydrogen-bond acceptors (Lipinski definition) is 8. The molecule has 12 heteroatoms. The molecule has 3 aromatic rings. The Kier molecular flexibility index (Phi) is 7.26. The van der Waals surface area contributed by atoms with E-state index in [9.17, 15) is 19.1 Å². The number of carbonyl (C=O) groups is 2. The van der Waals surface area contributed by atoms with Crippen LogP contribution in [-0.4, -0.2) is 81.7 Å². The molecule has 194 valence electrons. The second-order valence-corrected chi connectivity index (χ2v) is 9.48. The van der Waals surface area contributed by atoms with Crippen LogP contribution in [0.25, 0.3) is 16.9 Å². The first kappa shape index (κ1) is 25.8. The second-order valence-electron chi connectivity index (χ2n) is 9.48. The van der Waals surface area contributed by atoms with E-state index in [1.807, 2.05) is 12.1 Å². The Hall–Kier alpha value is -4.24. The summed E-state index contributed by atoms with van der Waals surface area (Å²) in [6.07, 6.45) is 0.810. The molecule has 1 fully saturated rings. The Bertz CT molecular complexity index is 1360. The Balaban J connectivity index is 1.58. The molecule has 2 amide bonds. The van der Waals surface area contributed by atoms with E-state index in [-0.39, 0.29) is 24.1 Å². The fourth-order valence-corrected chi connectivity index (χ4v) is 3.94. The summed E-state index contributed by atoms with van der Waals surface area (Å²) in [7, 11) is 1.33. The van der Waals surface area contributed by atoms with E-state index < -0.39 is 17.7 Å². The molecule has 1 saturated heterocycles. The standard InChI is InChI=1S/C25H28FN7O4/c1-25(2,36)22(26)12-30-23(34)18-11-29-20(21-5-4-17-6-15(8-27)10-31-33(17)21)7-19(18)28-9-16-13-32(14-16)24(35)37-3/h4-7,10-11,16,22,36H,9,12-14H2,1-3H3,(H,28,29)(H,30,34). The normalized spacial score (nSPS) is 14.5. The monoisotopic (exact) mass is 509 g/mol. The highest BCUT2D eigenvalue weighted by atomic mass is 19.1. The van der Waals surface area contributed by atoms with Crippen molar-refractivity contribution in [1.29, 1.82) is 5.26 Å². The number of carbonyl (C=O) groups excluding carboxylic acids is 2. The van der Waals surface area contributed by atoms with Gasteiger partial charge in [0.05, 0.1) is 59.2 Å². The number of rotatable bonds is 8. The SMILES string of the molecule is COC(=O)N1CC(CNc2cc(-c3ccc4cc(C#N)cnn34)ncc2C(=O)NCC(F)C(C)(C)O)C1. The number of nitrogens with zero attached hydrogens (tertiary/aromatic N) is 5. The topological polar surface area (TPSA) is 145 Å². The lowest BCUT2D eigenvalue weighted by Gasteiger charge is -2.38. The van der Waals surface area contributed by atoms with Crippen LogP contribution < -0.4 is 10.6 Å². The first-order valence-electron chi connectivity index (χ1n) is 11.7. The van der Waals surface area contributed by atoms with Crippen LogP contribution in [0.15, 0.2) is 36.7 Å². The van der Waals surface area contributed by atoms with Crippen LogP contribution in [0.2, 0.25) is 0 Å². The molecule has 0 aromatic carbocycles. The molecule has 0 saturated carbocycles. The van der Waals surface area contributed by atoms with E-state index >= 15 is 0 Å². The van der Waals surface area contributed by atoms with Crippen molar-refractivity contribution in [2.45, 2.75) is 25.6 Å². The highest BCUT2D eigenvalue weighted by Gasteiger charge is 2.31. The largest absolute Gasteiger partial charge is 0.453 e. The average molecular weight is 510 g/mol. The van der Waals surface area contributed by atoms with Gasteiger partial charge in [-0.25, -0.2) is 13.7 Å². The van der Waals surface area contributed by atoms with Crippen molar-refractivity contribution in [3.63, 3.8) is 0 Å². The highest BCUT2D eigenvalue weighted by Crippen LogP contribution is 2.27. The van der Waals surface area contributed by atoms with Gasteiger partial charge in [0.1, 0.15) is 12.2 Å². The number of nitrogens with one attached hydrogen (secondary N) is 2. The molecular formula is C25H28FN7O4. The maximum absolute atomic E-state index is 14.2. The van der Waals surface area contributed by atoms with E-state index in [0.717, 1.165) is 0 Å². The Morgan fingerprint density at radius 2 is 2.08 bits per heavy atom. The summed E-state index contributed by atoms with van der Waals surface area (Å²) >= 11 is 0. The lowest BCUT2D eigenvalue weighted by Crippen LogP contribution is -2.52. The zero-order valence-electron chi connectivity index (χ0n) is 20.7. The summed E-state index contributed by atoms with van der Waals surface area (Å²) in [6.45, 7) is 3.81. The number of nitriles is 1. The lowest BCUT2D eigenvalue weighted by atomic mass is 10.0. The van der Waals surface area contributed by atoms with Crippen LogP contribution in [0.3, 0.4) is 0 Å². The van der Waals surface area contributed by atoms with E-state index in [0.29, 0.717) is 47.8 Å². The highest BCUT2D eigenvalue weighted by molar-refractivity contribution is 6.00. The summed E-state index contributed by atoms with van der Waals surface area (Å²) in [5.74, 6) is -0.396. The molecule has 4 rings (SSSR count). The molecule has 11 nitrogen and oxygen atoms in total. The summed E-state index contributed by atoms with van der Waals surface area (Å²) in [6, 6.07) is 9.09. The number of alkyl halides is 1. The van der Waals surface area contributed by atoms with Crippen LogP contribution in [0.4, 0.5) is 14.9 Å². The van der Waals surface area contributed by atoms with Gasteiger partial charge in [0, 0.05) is 31.7 Å². The number of amides is 2. The zero-order valence-corrected chi connectivity index (χ0v) is 20.7. The fourth-order valence-electron chi connectivity index (χ4n) is 3.94. The molecule has 1 atom stereocenters. The van der Waals surface area contributed by atoms with Gasteiger partial charge in [-0.15, -0.1) is 0 Å². The van der Waals surface area contributed by atoms with Gasteiger partial charge in [0.25, 0.3) is 5.91 Å². The van der Waals surface area contributed by atoms with Gasteiger partial charge in [-0.1, -0.05) is 0 Å². The Labute approximate surface area is 212 Å². The van der Waals surface area contributed by atoms with Crippen LogP contribution in [0.5, 0.6) is 0 Å². The van der Waals surface area contributed by atoms with E-state index in [1.165, 1.54) is 33.4 Å². The van der Waals surface area contributed by atoms with Crippen LogP contribution in [0, 0.1) is 17.2 Å². The molecule has 37 heavy (non-hydrogen) atoms. The van der Waals surface area contributed by atoms with E-state index in [2.05, 4.69) is 26.8 Å². The van der Waals surface area contributed by atoms with Gasteiger partial charge in [-0.3, -0.25) is 9.78 Å². The number of hydrogen-bond donors (Lipinski definition) is 3. The fraction of sp³-hybridized carbons (Fsp3) is 0.400. The maximum atomic E-state index is 14.2. The molecule has 1 unspecified atom stereocenters. The quantitative estimate of drug-likeness (QED) is 0.419. The predicted octanol–water partition coefficient (Wildman–Crippen LogP) is 2.22. The van der Waals surface area contributed by atoms with Crippen molar-refractivity contribution in [3.8, 4) is 17.5 Å². The molecule has 4 heterocycles. The predicted molar refractivity (Wildman–Crippen MR) is 133 cm³/mol. The molecule has 1 aliphatic heterocycles. The smallest absolute Gasteiger partial charge is 0.409 e. The minimum absolute atomic E-state index is 0.150. The molecule has 0 aliphatic carbocycles. The minimum Gasteiger partial charge on any atom is -0.453 e. The van der Waals surface area contributed by atoms with Crippen molar-refractivity contribution in [3.05, 3.63) is 47.8 Å². The molecule has 1 aliphatic rings. The summed E-state index contributed by atoms with van der Waals surface area (Å²) < 4.78 is 20.6. The van der Waals surface area contributed by atoms with Crippen molar-refractivity contribution >= 4 is 23.2 Å². The molecule has 3 aromatic heterocycles. The number of aromatic nitrogens is 3. The third-order valence-corrected chi connectivity index (χ3v) is 6.22. The summed E-state index contributed by atoms with van der Waals surface area (Å²) in [4.78, 5) is 30.6. The number of fused-ring (bicyclic) bond motifs is 1. The van der Waals surface area contributed by atoms with Crippen molar-refractivity contribution in [2.24, 2.45) is 5.92 Å². The second kappa shape index (κ2) is 10.4. The average Bonchev–Trinajstić information content (AvgIpc) is 3.28. The lowest BCUT2D eigenvalue weighted by molar-refractivity contribution is -0.00177. The van der Waals surface area contributed by atoms with Crippen molar-refractivity contribution in [1.82, 2.24) is 24.8 Å². The number of halogens is 1. The van der Waals surface area contributed by atoms with Gasteiger partial charge < -0.3 is 25.4 Å². The molecule has 0 bridgehead atoms. The summed E-state index contributed by atoms with van der Waals surface area (Å²) in [5.41, 5.74) is 1.41. The molecule has 3 N–H and O–H groups in total. The van der Waals surface area contributed by atoms with Gasteiger partial charge in [-0.05, 0) is 38.1 Å². The summed E-state index contributed by atoms with van der Waals surface area (Å²) in [5, 5.41) is 29.1. The Morgan fingerprint density at radius 3 is 2.76 bits per heavy atom. The number of pyridine rings is 1. The van der Waals surface area contributed by atoms with Gasteiger partial charge in [-0.2, -0.15) is 10.4 Å². The van der Waals surface area contributed by atoms with Crippen LogP contribution in [0.1, 0.15) is 29.8 Å². The Morgan fingerprint density at radius 1 is 1.32 bits per heavy atom. The van der Waals surface area contributed by atoms with Crippen molar-refractivity contribution < 1.29 is 23.8 Å². The third-order valence-electron chi connectivity index (χ3n) is 6.22. The third kappa shape index (κ3) is 5.62. The number of likely N-dealkylation sites (tertiary alicyclic amines) is 1. The van der Waals surface area contributed by atoms with E-state index in [1.54, 1.807) is 21.5 Å². The molecule has 0 radical (unpaired) electrons. The van der Waals surface area contributed by atoms with Gasteiger partial charge in [0.15, 0.2) is 0 Å². The molecule has 0 spiro atoms. The maximum Gasteiger partial charge on any atom is 0.409 e. The van der Waals surface area contributed by atoms with Crippen molar-refractivity contribution in [2.75, 3.05) is 38.6 Å². The number of aliphatic hydroxyl groups is 1. The first-order chi connectivity index (χ1) is 17.6. The molecular weight excluding hydrogens is 481 g/mol.